The van der Waals surface area contributed by atoms with Gasteiger partial charge in [-0.3, -0.25) is 10.4 Å². The number of nitrogens with zero attached hydrogens (tertiary/aromatic N) is 3. The third-order valence-electron chi connectivity index (χ3n) is 3.24. The first kappa shape index (κ1) is 14.4. The Bertz CT molecular complexity index is 793. The molecule has 0 fully saturated rings. The summed E-state index contributed by atoms with van der Waals surface area (Å²) >= 11 is 1.54. The lowest BCUT2D eigenvalue weighted by Gasteiger charge is -2.03. The van der Waals surface area contributed by atoms with Gasteiger partial charge in [0.1, 0.15) is 0 Å². The second kappa shape index (κ2) is 6.49. The van der Waals surface area contributed by atoms with Gasteiger partial charge in [-0.25, -0.2) is 4.98 Å². The summed E-state index contributed by atoms with van der Waals surface area (Å²) in [4.78, 5) is 8.55. The van der Waals surface area contributed by atoms with Crippen LogP contribution in [0.3, 0.4) is 0 Å². The summed E-state index contributed by atoms with van der Waals surface area (Å²) in [6, 6.07) is 10.2. The van der Waals surface area contributed by atoms with E-state index < -0.39 is 0 Å². The van der Waals surface area contributed by atoms with Crippen molar-refractivity contribution in [1.82, 2.24) is 9.97 Å². The number of nitrogens with one attached hydrogen (secondary N) is 1. The number of rotatable bonds is 4. The minimum atomic E-state index is 0.778. The highest BCUT2D eigenvalue weighted by atomic mass is 32.1. The lowest BCUT2D eigenvalue weighted by atomic mass is 10.0. The Labute approximate surface area is 133 Å². The molecule has 2 heterocycles. The topological polar surface area (TPSA) is 50.2 Å². The quantitative estimate of drug-likeness (QED) is 0.578. The molecule has 0 radical (unpaired) electrons. The fraction of sp³-hybridized carbons (Fsp3) is 0.118. The number of hydrogen-bond donors (Lipinski definition) is 1. The average molecular weight is 308 g/mol. The Balaban J connectivity index is 1.73. The highest BCUT2D eigenvalue weighted by molar-refractivity contribution is 7.14. The summed E-state index contributed by atoms with van der Waals surface area (Å²) in [5, 5.41) is 7.02. The van der Waals surface area contributed by atoms with Crippen molar-refractivity contribution in [2.24, 2.45) is 5.10 Å². The lowest BCUT2D eigenvalue weighted by Crippen LogP contribution is -1.91. The molecule has 0 unspecified atom stereocenters. The zero-order valence-electron chi connectivity index (χ0n) is 12.4. The van der Waals surface area contributed by atoms with Crippen LogP contribution in [0.2, 0.25) is 0 Å². The predicted octanol–water partition coefficient (Wildman–Crippen LogP) is 4.27. The van der Waals surface area contributed by atoms with Crippen LogP contribution in [0.1, 0.15) is 16.7 Å². The van der Waals surface area contributed by atoms with Gasteiger partial charge < -0.3 is 0 Å². The van der Waals surface area contributed by atoms with Gasteiger partial charge in [0.25, 0.3) is 0 Å². The lowest BCUT2D eigenvalue weighted by molar-refractivity contribution is 1.27. The largest absolute Gasteiger partial charge is 0.265 e. The molecule has 0 aliphatic heterocycles. The Hall–Kier alpha value is -2.53. The maximum absolute atomic E-state index is 4.58. The number of benzene rings is 1. The molecule has 0 saturated heterocycles. The third-order valence-corrected chi connectivity index (χ3v) is 3.99. The SMILES string of the molecule is Cc1ccc(-c2csc(N/N=C\c3ccncc3)n2)c(C)c1. The van der Waals surface area contributed by atoms with E-state index in [1.807, 2.05) is 17.5 Å². The fourth-order valence-corrected chi connectivity index (χ4v) is 2.82. The molecule has 1 aromatic carbocycles. The molecule has 0 spiro atoms. The molecule has 0 saturated carbocycles. The van der Waals surface area contributed by atoms with Crippen LogP contribution < -0.4 is 5.43 Å². The van der Waals surface area contributed by atoms with Gasteiger partial charge in [0.15, 0.2) is 0 Å². The Kier molecular flexibility index (Phi) is 4.25. The number of hydrazone groups is 1. The molecule has 0 atom stereocenters. The molecule has 3 aromatic rings. The molecule has 0 amide bonds. The van der Waals surface area contributed by atoms with Crippen LogP contribution >= 0.6 is 11.3 Å². The van der Waals surface area contributed by atoms with Gasteiger partial charge in [-0.2, -0.15) is 5.10 Å². The van der Waals surface area contributed by atoms with E-state index in [-0.39, 0.29) is 0 Å². The summed E-state index contributed by atoms with van der Waals surface area (Å²) in [5.74, 6) is 0. The molecule has 0 bridgehead atoms. The third kappa shape index (κ3) is 3.38. The van der Waals surface area contributed by atoms with Crippen LogP contribution in [0.25, 0.3) is 11.3 Å². The van der Waals surface area contributed by atoms with Crippen LogP contribution in [-0.4, -0.2) is 16.2 Å². The van der Waals surface area contributed by atoms with Crippen LogP contribution in [-0.2, 0) is 0 Å². The Morgan fingerprint density at radius 2 is 1.95 bits per heavy atom. The van der Waals surface area contributed by atoms with E-state index in [2.05, 4.69) is 52.5 Å². The van der Waals surface area contributed by atoms with Crippen molar-refractivity contribution in [3.63, 3.8) is 0 Å². The molecule has 0 aliphatic rings. The molecule has 110 valence electrons. The normalized spacial score (nSPS) is 11.0. The monoisotopic (exact) mass is 308 g/mol. The van der Waals surface area contributed by atoms with E-state index >= 15 is 0 Å². The van der Waals surface area contributed by atoms with E-state index in [0.717, 1.165) is 22.0 Å². The van der Waals surface area contributed by atoms with Gasteiger partial charge in [0.05, 0.1) is 11.9 Å². The van der Waals surface area contributed by atoms with Gasteiger partial charge in [-0.15, -0.1) is 11.3 Å². The molecule has 22 heavy (non-hydrogen) atoms. The second-order valence-electron chi connectivity index (χ2n) is 5.01. The minimum absolute atomic E-state index is 0.778. The minimum Gasteiger partial charge on any atom is -0.265 e. The van der Waals surface area contributed by atoms with E-state index in [1.165, 1.54) is 11.1 Å². The zero-order chi connectivity index (χ0) is 15.4. The van der Waals surface area contributed by atoms with Crippen molar-refractivity contribution in [2.45, 2.75) is 13.8 Å². The first-order chi connectivity index (χ1) is 10.7. The molecular weight excluding hydrogens is 292 g/mol. The number of aryl methyl sites for hydroxylation is 2. The molecule has 5 heteroatoms. The Morgan fingerprint density at radius 3 is 2.73 bits per heavy atom. The van der Waals surface area contributed by atoms with Gasteiger partial charge in [-0.05, 0) is 37.1 Å². The van der Waals surface area contributed by atoms with Crippen molar-refractivity contribution in [3.05, 3.63) is 64.8 Å². The highest BCUT2D eigenvalue weighted by Crippen LogP contribution is 2.27. The van der Waals surface area contributed by atoms with Crippen molar-refractivity contribution < 1.29 is 0 Å². The summed E-state index contributed by atoms with van der Waals surface area (Å²) in [6.07, 6.45) is 5.23. The number of thiazole rings is 1. The van der Waals surface area contributed by atoms with Crippen molar-refractivity contribution in [1.29, 1.82) is 0 Å². The molecule has 4 nitrogen and oxygen atoms in total. The highest BCUT2D eigenvalue weighted by Gasteiger charge is 2.06. The fourth-order valence-electron chi connectivity index (χ4n) is 2.16. The van der Waals surface area contributed by atoms with Crippen LogP contribution in [0.5, 0.6) is 0 Å². The molecule has 0 aliphatic carbocycles. The first-order valence-electron chi connectivity index (χ1n) is 6.94. The van der Waals surface area contributed by atoms with Crippen LogP contribution in [0.4, 0.5) is 5.13 Å². The number of pyridine rings is 1. The summed E-state index contributed by atoms with van der Waals surface area (Å²) in [6.45, 7) is 4.20. The van der Waals surface area contributed by atoms with Gasteiger partial charge in [-0.1, -0.05) is 23.8 Å². The molecule has 3 rings (SSSR count). The second-order valence-corrected chi connectivity index (χ2v) is 5.86. The van der Waals surface area contributed by atoms with E-state index in [4.69, 9.17) is 0 Å². The van der Waals surface area contributed by atoms with Crippen LogP contribution in [0.15, 0.2) is 53.2 Å². The van der Waals surface area contributed by atoms with Crippen molar-refractivity contribution in [3.8, 4) is 11.3 Å². The van der Waals surface area contributed by atoms with E-state index in [9.17, 15) is 0 Å². The van der Waals surface area contributed by atoms with Gasteiger partial charge in [0.2, 0.25) is 5.13 Å². The van der Waals surface area contributed by atoms with Crippen LogP contribution in [0, 0.1) is 13.8 Å². The van der Waals surface area contributed by atoms with Gasteiger partial charge in [0, 0.05) is 23.3 Å². The van der Waals surface area contributed by atoms with Gasteiger partial charge >= 0.3 is 0 Å². The van der Waals surface area contributed by atoms with Crippen molar-refractivity contribution >= 4 is 22.7 Å². The van der Waals surface area contributed by atoms with E-state index in [0.29, 0.717) is 0 Å². The maximum Gasteiger partial charge on any atom is 0.203 e. The Morgan fingerprint density at radius 1 is 1.14 bits per heavy atom. The standard InChI is InChI=1S/C17H16N4S/c1-12-3-4-15(13(2)9-12)16-11-22-17(20-16)21-19-10-14-5-7-18-8-6-14/h3-11H,1-2H3,(H,20,21)/b19-10-. The average Bonchev–Trinajstić information content (AvgIpc) is 2.97. The maximum atomic E-state index is 4.58. The summed E-state index contributed by atoms with van der Waals surface area (Å²) in [7, 11) is 0. The number of anilines is 1. The smallest absolute Gasteiger partial charge is 0.203 e. The molecule has 2 aromatic heterocycles. The molecular formula is C17H16N4S. The number of aromatic nitrogens is 2. The number of hydrogen-bond acceptors (Lipinski definition) is 5. The summed E-state index contributed by atoms with van der Waals surface area (Å²) < 4.78 is 0. The zero-order valence-corrected chi connectivity index (χ0v) is 13.3. The first-order valence-corrected chi connectivity index (χ1v) is 7.82. The predicted molar refractivity (Wildman–Crippen MR) is 92.5 cm³/mol. The van der Waals surface area contributed by atoms with E-state index in [1.54, 1.807) is 29.9 Å². The van der Waals surface area contributed by atoms with Crippen molar-refractivity contribution in [2.75, 3.05) is 5.43 Å². The summed E-state index contributed by atoms with van der Waals surface area (Å²) in [5.41, 5.74) is 8.60. The molecule has 1 N–H and O–H groups in total.